The maximum atomic E-state index is 12.0. The van der Waals surface area contributed by atoms with Crippen LogP contribution in [0, 0.1) is 11.8 Å². The molecule has 0 heterocycles. The van der Waals surface area contributed by atoms with Crippen LogP contribution in [-0.4, -0.2) is 11.9 Å². The molecule has 0 aromatic rings. The van der Waals surface area contributed by atoms with E-state index in [1.807, 2.05) is 13.8 Å². The molecule has 1 N–H and O–H groups in total. The van der Waals surface area contributed by atoms with Crippen molar-refractivity contribution < 1.29 is 14.4 Å². The van der Waals surface area contributed by atoms with Crippen LogP contribution in [0.25, 0.3) is 0 Å². The Hall–Kier alpha value is -1.06. The van der Waals surface area contributed by atoms with E-state index in [4.69, 9.17) is 4.84 Å². The van der Waals surface area contributed by atoms with Crippen molar-refractivity contribution >= 4 is 11.9 Å². The summed E-state index contributed by atoms with van der Waals surface area (Å²) in [6.07, 6.45) is 7.12. The highest BCUT2D eigenvalue weighted by atomic mass is 16.7. The van der Waals surface area contributed by atoms with Gasteiger partial charge in [0.1, 0.15) is 0 Å². The van der Waals surface area contributed by atoms with Crippen molar-refractivity contribution in [3.8, 4) is 0 Å². The van der Waals surface area contributed by atoms with Gasteiger partial charge in [-0.25, -0.2) is 4.79 Å². The van der Waals surface area contributed by atoms with E-state index in [1.54, 1.807) is 0 Å². The van der Waals surface area contributed by atoms with Gasteiger partial charge in [0.15, 0.2) is 0 Å². The SMILES string of the molecule is CCCC(CCC)C(=O)NOC(=O)C(CCC)CCC. The minimum absolute atomic E-state index is 0.0476. The van der Waals surface area contributed by atoms with Crippen molar-refractivity contribution in [2.75, 3.05) is 0 Å². The van der Waals surface area contributed by atoms with Gasteiger partial charge in [0.25, 0.3) is 5.91 Å². The fraction of sp³-hybridized carbons (Fsp3) is 0.875. The second-order valence-corrected chi connectivity index (χ2v) is 5.44. The first-order valence-corrected chi connectivity index (χ1v) is 8.11. The molecule has 118 valence electrons. The van der Waals surface area contributed by atoms with E-state index < -0.39 is 0 Å². The molecular formula is C16H31NO3. The van der Waals surface area contributed by atoms with Crippen LogP contribution in [0.4, 0.5) is 0 Å². The number of nitrogens with one attached hydrogen (secondary N) is 1. The van der Waals surface area contributed by atoms with Gasteiger partial charge in [-0.2, -0.15) is 5.48 Å². The molecule has 0 saturated carbocycles. The van der Waals surface area contributed by atoms with Gasteiger partial charge in [0.2, 0.25) is 0 Å². The van der Waals surface area contributed by atoms with Crippen LogP contribution in [0.3, 0.4) is 0 Å². The summed E-state index contributed by atoms with van der Waals surface area (Å²) < 4.78 is 0. The molecule has 0 rings (SSSR count). The summed E-state index contributed by atoms with van der Waals surface area (Å²) in [5.74, 6) is -0.600. The number of carbonyl (C=O) groups excluding carboxylic acids is 2. The summed E-state index contributed by atoms with van der Waals surface area (Å²) in [6.45, 7) is 8.21. The lowest BCUT2D eigenvalue weighted by Crippen LogP contribution is -2.35. The molecule has 0 aromatic carbocycles. The Morgan fingerprint density at radius 3 is 1.60 bits per heavy atom. The van der Waals surface area contributed by atoms with Crippen LogP contribution in [-0.2, 0) is 14.4 Å². The second-order valence-electron chi connectivity index (χ2n) is 5.44. The third-order valence-electron chi connectivity index (χ3n) is 3.50. The smallest absolute Gasteiger partial charge is 0.335 e. The van der Waals surface area contributed by atoms with Gasteiger partial charge in [-0.1, -0.05) is 53.4 Å². The van der Waals surface area contributed by atoms with Crippen LogP contribution in [0.5, 0.6) is 0 Å². The van der Waals surface area contributed by atoms with E-state index in [-0.39, 0.29) is 23.7 Å². The summed E-state index contributed by atoms with van der Waals surface area (Å²) in [4.78, 5) is 28.9. The van der Waals surface area contributed by atoms with Crippen LogP contribution in [0.15, 0.2) is 0 Å². The number of carbonyl (C=O) groups is 2. The molecule has 0 spiro atoms. The molecule has 0 radical (unpaired) electrons. The Kier molecular flexibility index (Phi) is 11.1. The molecular weight excluding hydrogens is 254 g/mol. The first-order valence-electron chi connectivity index (χ1n) is 8.11. The highest BCUT2D eigenvalue weighted by Gasteiger charge is 2.22. The lowest BCUT2D eigenvalue weighted by molar-refractivity contribution is -0.164. The highest BCUT2D eigenvalue weighted by Crippen LogP contribution is 2.16. The zero-order valence-electron chi connectivity index (χ0n) is 13.5. The van der Waals surface area contributed by atoms with Crippen LogP contribution < -0.4 is 5.48 Å². The van der Waals surface area contributed by atoms with Gasteiger partial charge in [-0.15, -0.1) is 0 Å². The molecule has 1 amide bonds. The van der Waals surface area contributed by atoms with E-state index in [1.165, 1.54) is 0 Å². The van der Waals surface area contributed by atoms with Crippen molar-refractivity contribution in [2.24, 2.45) is 11.8 Å². The normalized spacial score (nSPS) is 10.9. The van der Waals surface area contributed by atoms with Crippen molar-refractivity contribution in [2.45, 2.75) is 79.1 Å². The number of rotatable bonds is 10. The highest BCUT2D eigenvalue weighted by molar-refractivity contribution is 5.80. The number of amides is 1. The topological polar surface area (TPSA) is 55.4 Å². The second kappa shape index (κ2) is 11.7. The quantitative estimate of drug-likeness (QED) is 0.617. The van der Waals surface area contributed by atoms with Gasteiger partial charge < -0.3 is 4.84 Å². The van der Waals surface area contributed by atoms with E-state index in [9.17, 15) is 9.59 Å². The monoisotopic (exact) mass is 285 g/mol. The molecule has 0 bridgehead atoms. The zero-order valence-corrected chi connectivity index (χ0v) is 13.5. The Balaban J connectivity index is 4.27. The summed E-state index contributed by atoms with van der Waals surface area (Å²) in [6, 6.07) is 0. The third-order valence-corrected chi connectivity index (χ3v) is 3.50. The maximum Gasteiger partial charge on any atom is 0.335 e. The minimum Gasteiger partial charge on any atom is -0.340 e. The fourth-order valence-corrected chi connectivity index (χ4v) is 2.45. The molecule has 0 aliphatic carbocycles. The summed E-state index contributed by atoms with van der Waals surface area (Å²) >= 11 is 0. The van der Waals surface area contributed by atoms with E-state index >= 15 is 0 Å². The van der Waals surface area contributed by atoms with Crippen LogP contribution >= 0.6 is 0 Å². The summed E-state index contributed by atoms with van der Waals surface area (Å²) in [5.41, 5.74) is 2.36. The molecule has 0 fully saturated rings. The Labute approximate surface area is 123 Å². The standard InChI is InChI=1S/C16H31NO3/c1-5-9-13(10-6-2)15(18)17-20-16(19)14(11-7-3)12-8-4/h13-14H,5-12H2,1-4H3,(H,17,18). The predicted molar refractivity (Wildman–Crippen MR) is 80.8 cm³/mol. The summed E-state index contributed by atoms with van der Waals surface area (Å²) in [5, 5.41) is 0. The van der Waals surface area contributed by atoms with Gasteiger partial charge in [-0.05, 0) is 25.7 Å². The molecule has 0 saturated heterocycles. The minimum atomic E-state index is -0.297. The molecule has 0 aromatic heterocycles. The number of hydrogen-bond acceptors (Lipinski definition) is 3. The van der Waals surface area contributed by atoms with Gasteiger partial charge in [0.05, 0.1) is 5.92 Å². The average Bonchev–Trinajstić information content (AvgIpc) is 2.44. The third kappa shape index (κ3) is 7.51. The van der Waals surface area contributed by atoms with Crippen molar-refractivity contribution in [1.82, 2.24) is 5.48 Å². The van der Waals surface area contributed by atoms with E-state index in [2.05, 4.69) is 19.3 Å². The van der Waals surface area contributed by atoms with Crippen molar-refractivity contribution in [3.63, 3.8) is 0 Å². The molecule has 0 aliphatic heterocycles. The van der Waals surface area contributed by atoms with E-state index in [0.717, 1.165) is 51.4 Å². The molecule has 20 heavy (non-hydrogen) atoms. The lowest BCUT2D eigenvalue weighted by Gasteiger charge is -2.17. The fourth-order valence-electron chi connectivity index (χ4n) is 2.45. The zero-order chi connectivity index (χ0) is 15.4. The summed E-state index contributed by atoms with van der Waals surface area (Å²) in [7, 11) is 0. The van der Waals surface area contributed by atoms with Crippen LogP contribution in [0.1, 0.15) is 79.1 Å². The molecule has 0 aliphatic rings. The Morgan fingerprint density at radius 1 is 0.800 bits per heavy atom. The maximum absolute atomic E-state index is 12.0. The van der Waals surface area contributed by atoms with Gasteiger partial charge in [-0.3, -0.25) is 4.79 Å². The van der Waals surface area contributed by atoms with Crippen molar-refractivity contribution in [3.05, 3.63) is 0 Å². The molecule has 0 unspecified atom stereocenters. The molecule has 4 nitrogen and oxygen atoms in total. The lowest BCUT2D eigenvalue weighted by atomic mass is 9.98. The molecule has 0 atom stereocenters. The number of hydrogen-bond donors (Lipinski definition) is 1. The average molecular weight is 285 g/mol. The van der Waals surface area contributed by atoms with Gasteiger partial charge in [0, 0.05) is 5.92 Å². The van der Waals surface area contributed by atoms with Crippen LogP contribution in [0.2, 0.25) is 0 Å². The Morgan fingerprint density at radius 2 is 1.20 bits per heavy atom. The Bertz CT molecular complexity index is 239. The van der Waals surface area contributed by atoms with Gasteiger partial charge >= 0.3 is 5.97 Å². The number of hydroxylamine groups is 1. The predicted octanol–water partition coefficient (Wildman–Crippen LogP) is 3.99. The first-order chi connectivity index (χ1) is 9.60. The largest absolute Gasteiger partial charge is 0.340 e. The van der Waals surface area contributed by atoms with E-state index in [0.29, 0.717) is 0 Å². The first kappa shape index (κ1) is 18.9. The van der Waals surface area contributed by atoms with Crippen molar-refractivity contribution in [1.29, 1.82) is 0 Å². The molecule has 4 heteroatoms.